The summed E-state index contributed by atoms with van der Waals surface area (Å²) in [5.41, 5.74) is -0.413. The van der Waals surface area contributed by atoms with E-state index in [1.807, 2.05) is 0 Å². The van der Waals surface area contributed by atoms with Crippen molar-refractivity contribution in [1.29, 1.82) is 0 Å². The summed E-state index contributed by atoms with van der Waals surface area (Å²) < 4.78 is 42.4. The van der Waals surface area contributed by atoms with Crippen molar-refractivity contribution < 1.29 is 27.5 Å². The molecule has 1 aromatic heterocycles. The molecule has 0 saturated heterocycles. The van der Waals surface area contributed by atoms with E-state index in [2.05, 4.69) is 15.4 Å². The fourth-order valence-electron chi connectivity index (χ4n) is 3.76. The van der Waals surface area contributed by atoms with Gasteiger partial charge in [-0.05, 0) is 44.4 Å². The van der Waals surface area contributed by atoms with Gasteiger partial charge in [-0.25, -0.2) is 0 Å². The maximum Gasteiger partial charge on any atom is 0.573 e. The number of hydrogen-bond donors (Lipinski definition) is 2. The Balaban J connectivity index is 1.80. The van der Waals surface area contributed by atoms with Crippen LogP contribution >= 0.6 is 0 Å². The molecule has 1 heterocycles. The Morgan fingerprint density at radius 2 is 1.64 bits per heavy atom. The summed E-state index contributed by atoms with van der Waals surface area (Å²) in [6.45, 7) is 3.53. The second-order valence-electron chi connectivity index (χ2n) is 8.30. The van der Waals surface area contributed by atoms with Crippen molar-refractivity contribution in [3.63, 3.8) is 0 Å². The predicted molar refractivity (Wildman–Crippen MR) is 115 cm³/mol. The van der Waals surface area contributed by atoms with Gasteiger partial charge < -0.3 is 19.9 Å². The Morgan fingerprint density at radius 1 is 1.06 bits per heavy atom. The minimum atomic E-state index is -4.79. The number of carbonyl (C=O) groups is 2. The maximum atomic E-state index is 12.9. The molecule has 0 bridgehead atoms. The molecule has 1 aliphatic carbocycles. The average molecular weight is 465 g/mol. The van der Waals surface area contributed by atoms with E-state index in [1.165, 1.54) is 24.5 Å². The summed E-state index contributed by atoms with van der Waals surface area (Å²) in [7, 11) is 0. The smallest absolute Gasteiger partial charge is 0.406 e. The molecule has 0 atom stereocenters. The number of halogens is 3. The van der Waals surface area contributed by atoms with Gasteiger partial charge in [0.25, 0.3) is 11.8 Å². The van der Waals surface area contributed by atoms with E-state index in [1.54, 1.807) is 18.4 Å². The standard InChI is InChI=1S/C23H26F3N3O4/c1-14(2)28-22(32)19-13-29(16-5-3-4-6-16)12-18(20(19)30)21(31)27-11-15-7-9-17(10-8-15)33-23(24,25)26/h7-10,12-14,16H,3-6,11H2,1-2H3,(H,27,31)(H,28,32). The SMILES string of the molecule is CC(C)NC(=O)c1cn(C2CCCC2)cc(C(=O)NCc2ccc(OC(F)(F)F)cc2)c1=O. The highest BCUT2D eigenvalue weighted by molar-refractivity contribution is 5.99. The van der Waals surface area contributed by atoms with Crippen LogP contribution in [-0.4, -0.2) is 28.8 Å². The molecule has 178 valence electrons. The number of pyridine rings is 1. The molecule has 2 N–H and O–H groups in total. The number of nitrogens with one attached hydrogen (secondary N) is 2. The highest BCUT2D eigenvalue weighted by Gasteiger charge is 2.31. The monoisotopic (exact) mass is 465 g/mol. The zero-order chi connectivity index (χ0) is 24.2. The number of nitrogens with zero attached hydrogens (tertiary/aromatic N) is 1. The van der Waals surface area contributed by atoms with Gasteiger partial charge in [-0.2, -0.15) is 0 Å². The Morgan fingerprint density at radius 3 is 2.18 bits per heavy atom. The average Bonchev–Trinajstić information content (AvgIpc) is 3.26. The number of benzene rings is 1. The van der Waals surface area contributed by atoms with Crippen LogP contribution in [0.3, 0.4) is 0 Å². The van der Waals surface area contributed by atoms with Crippen LogP contribution in [0.15, 0.2) is 41.5 Å². The van der Waals surface area contributed by atoms with Gasteiger partial charge >= 0.3 is 6.36 Å². The molecule has 1 aromatic carbocycles. The number of hydrogen-bond acceptors (Lipinski definition) is 4. The van der Waals surface area contributed by atoms with Gasteiger partial charge in [0.05, 0.1) is 0 Å². The second kappa shape index (κ2) is 10.1. The summed E-state index contributed by atoms with van der Waals surface area (Å²) in [6, 6.07) is 4.95. The number of carbonyl (C=O) groups excluding carboxylic acids is 2. The van der Waals surface area contributed by atoms with Crippen LogP contribution in [0, 0.1) is 0 Å². The number of alkyl halides is 3. The molecule has 1 saturated carbocycles. The van der Waals surface area contributed by atoms with Crippen LogP contribution in [0.1, 0.15) is 71.9 Å². The molecule has 33 heavy (non-hydrogen) atoms. The highest BCUT2D eigenvalue weighted by atomic mass is 19.4. The summed E-state index contributed by atoms with van der Waals surface area (Å²) in [4.78, 5) is 38.3. The van der Waals surface area contributed by atoms with E-state index >= 15 is 0 Å². The normalized spacial score (nSPS) is 14.4. The van der Waals surface area contributed by atoms with Crippen molar-refractivity contribution in [2.45, 2.75) is 64.5 Å². The van der Waals surface area contributed by atoms with Crippen molar-refractivity contribution in [1.82, 2.24) is 15.2 Å². The fraction of sp³-hybridized carbons (Fsp3) is 0.435. The molecule has 2 amide bonds. The van der Waals surface area contributed by atoms with E-state index in [9.17, 15) is 27.6 Å². The zero-order valence-corrected chi connectivity index (χ0v) is 18.4. The van der Waals surface area contributed by atoms with Gasteiger partial charge in [-0.3, -0.25) is 14.4 Å². The van der Waals surface area contributed by atoms with E-state index in [0.29, 0.717) is 5.56 Å². The van der Waals surface area contributed by atoms with Crippen molar-refractivity contribution in [2.75, 3.05) is 0 Å². The molecule has 7 nitrogen and oxygen atoms in total. The third kappa shape index (κ3) is 6.59. The minimum Gasteiger partial charge on any atom is -0.406 e. The van der Waals surface area contributed by atoms with Crippen LogP contribution in [-0.2, 0) is 6.54 Å². The van der Waals surface area contributed by atoms with Crippen molar-refractivity contribution in [3.8, 4) is 5.75 Å². The molecule has 0 unspecified atom stereocenters. The lowest BCUT2D eigenvalue weighted by Crippen LogP contribution is -2.37. The summed E-state index contributed by atoms with van der Waals surface area (Å²) >= 11 is 0. The van der Waals surface area contributed by atoms with Crippen LogP contribution < -0.4 is 20.8 Å². The first-order chi connectivity index (χ1) is 15.5. The summed E-state index contributed by atoms with van der Waals surface area (Å²) in [5.74, 6) is -1.58. The zero-order valence-electron chi connectivity index (χ0n) is 18.4. The molecule has 0 radical (unpaired) electrons. The summed E-state index contributed by atoms with van der Waals surface area (Å²) in [6.07, 6.45) is 2.02. The largest absolute Gasteiger partial charge is 0.573 e. The molecule has 1 aliphatic rings. The minimum absolute atomic E-state index is 0.0174. The van der Waals surface area contributed by atoms with Crippen molar-refractivity contribution >= 4 is 11.8 Å². The molecule has 2 aromatic rings. The molecule has 1 fully saturated rings. The maximum absolute atomic E-state index is 12.9. The first-order valence-corrected chi connectivity index (χ1v) is 10.7. The lowest BCUT2D eigenvalue weighted by Gasteiger charge is -2.18. The molecular weight excluding hydrogens is 439 g/mol. The van der Waals surface area contributed by atoms with Gasteiger partial charge in [0, 0.05) is 31.0 Å². The molecule has 0 spiro atoms. The predicted octanol–water partition coefficient (Wildman–Crippen LogP) is 3.93. The van der Waals surface area contributed by atoms with Gasteiger partial charge in [-0.15, -0.1) is 13.2 Å². The highest BCUT2D eigenvalue weighted by Crippen LogP contribution is 2.29. The second-order valence-corrected chi connectivity index (χ2v) is 8.30. The number of rotatable bonds is 7. The molecule has 0 aliphatic heterocycles. The van der Waals surface area contributed by atoms with Gasteiger partial charge in [0.15, 0.2) is 0 Å². The Hall–Kier alpha value is -3.30. The molecule has 10 heteroatoms. The summed E-state index contributed by atoms with van der Waals surface area (Å²) in [5, 5.41) is 5.29. The van der Waals surface area contributed by atoms with Crippen molar-refractivity contribution in [3.05, 3.63) is 63.6 Å². The van der Waals surface area contributed by atoms with E-state index in [4.69, 9.17) is 0 Å². The van der Waals surface area contributed by atoms with E-state index < -0.39 is 23.6 Å². The van der Waals surface area contributed by atoms with E-state index in [-0.39, 0.29) is 35.5 Å². The fourth-order valence-corrected chi connectivity index (χ4v) is 3.76. The van der Waals surface area contributed by atoms with Gasteiger partial charge in [0.1, 0.15) is 16.9 Å². The third-order valence-electron chi connectivity index (χ3n) is 5.31. The Labute approximate surface area is 188 Å². The van der Waals surface area contributed by atoms with Crippen LogP contribution in [0.25, 0.3) is 0 Å². The van der Waals surface area contributed by atoms with Crippen LogP contribution in [0.2, 0.25) is 0 Å². The van der Waals surface area contributed by atoms with E-state index in [0.717, 1.165) is 37.8 Å². The lowest BCUT2D eigenvalue weighted by atomic mass is 10.1. The molecule has 3 rings (SSSR count). The third-order valence-corrected chi connectivity index (χ3v) is 5.31. The van der Waals surface area contributed by atoms with Crippen LogP contribution in [0.5, 0.6) is 5.75 Å². The number of aromatic nitrogens is 1. The van der Waals surface area contributed by atoms with Crippen molar-refractivity contribution in [2.24, 2.45) is 0 Å². The first-order valence-electron chi connectivity index (χ1n) is 10.7. The quantitative estimate of drug-likeness (QED) is 0.649. The number of amides is 2. The Kier molecular flexibility index (Phi) is 7.45. The Bertz CT molecular complexity index is 1060. The lowest BCUT2D eigenvalue weighted by molar-refractivity contribution is -0.274. The topological polar surface area (TPSA) is 89.4 Å². The van der Waals surface area contributed by atoms with Gasteiger partial charge in [-0.1, -0.05) is 25.0 Å². The first kappa shape index (κ1) is 24.3. The number of ether oxygens (including phenoxy) is 1. The van der Waals surface area contributed by atoms with Gasteiger partial charge in [0.2, 0.25) is 5.43 Å². The molecular formula is C23H26F3N3O4. The van der Waals surface area contributed by atoms with Crippen LogP contribution in [0.4, 0.5) is 13.2 Å².